The minimum absolute atomic E-state index is 0.0725. The van der Waals surface area contributed by atoms with Crippen LogP contribution in [0.15, 0.2) is 29.6 Å². The quantitative estimate of drug-likeness (QED) is 0.781. The number of fused-ring (bicyclic) bond motifs is 1. The Hall–Kier alpha value is -1.89. The molecule has 1 saturated heterocycles. The van der Waals surface area contributed by atoms with Crippen LogP contribution in [0, 0.1) is 0 Å². The second-order valence-electron chi connectivity index (χ2n) is 4.24. The molecule has 0 unspecified atom stereocenters. The lowest BCUT2D eigenvalue weighted by Gasteiger charge is -2.12. The number of hydrogen-bond donors (Lipinski definition) is 0. The fraction of sp³-hybridized carbons (Fsp3) is 0.333. The van der Waals surface area contributed by atoms with Crippen LogP contribution >= 0.6 is 11.8 Å². The van der Waals surface area contributed by atoms with Gasteiger partial charge in [0.1, 0.15) is 0 Å². The van der Waals surface area contributed by atoms with Gasteiger partial charge < -0.3 is 0 Å². The zero-order chi connectivity index (χ0) is 13.2. The molecular weight excluding hydrogens is 264 g/mol. The average Bonchev–Trinajstić information content (AvgIpc) is 3.02. The maximum Gasteiger partial charge on any atom is 0.239 e. The molecule has 3 rings (SSSR count). The number of thioether (sulfide) groups is 1. The van der Waals surface area contributed by atoms with Crippen LogP contribution in [0.2, 0.25) is 0 Å². The van der Waals surface area contributed by atoms with Gasteiger partial charge in [-0.05, 0) is 18.6 Å². The molecule has 3 heterocycles. The highest BCUT2D eigenvalue weighted by Crippen LogP contribution is 2.18. The van der Waals surface area contributed by atoms with Crippen molar-refractivity contribution in [1.29, 1.82) is 0 Å². The molecule has 0 atom stereocenters. The van der Waals surface area contributed by atoms with E-state index in [0.29, 0.717) is 18.1 Å². The predicted molar refractivity (Wildman–Crippen MR) is 69.7 cm³/mol. The number of aromatic nitrogens is 3. The molecular formula is C12H12N4O2S. The average molecular weight is 276 g/mol. The van der Waals surface area contributed by atoms with Gasteiger partial charge in [0.05, 0.1) is 5.75 Å². The molecule has 2 amide bonds. The van der Waals surface area contributed by atoms with E-state index in [1.807, 2.05) is 28.8 Å². The summed E-state index contributed by atoms with van der Waals surface area (Å²) >= 11 is 1.30. The smallest absolute Gasteiger partial charge is 0.239 e. The first-order valence-corrected chi connectivity index (χ1v) is 7.00. The standard InChI is InChI=1S/C12H12N4O2S/c17-10-5-3-7-16(10)11(18)8-19-12-14-13-9-4-1-2-6-15(9)12/h1-2,4,6H,3,5,7-8H2. The van der Waals surface area contributed by atoms with Crippen LogP contribution in [0.25, 0.3) is 5.65 Å². The molecule has 98 valence electrons. The largest absolute Gasteiger partial charge is 0.282 e. The molecule has 2 aromatic rings. The van der Waals surface area contributed by atoms with Gasteiger partial charge in [-0.3, -0.25) is 18.9 Å². The summed E-state index contributed by atoms with van der Waals surface area (Å²) < 4.78 is 1.82. The minimum atomic E-state index is -0.153. The number of likely N-dealkylation sites (tertiary alicyclic amines) is 1. The molecule has 0 radical (unpaired) electrons. The fourth-order valence-corrected chi connectivity index (χ4v) is 2.83. The van der Waals surface area contributed by atoms with E-state index in [1.54, 1.807) is 0 Å². The first kappa shape index (κ1) is 12.2. The van der Waals surface area contributed by atoms with E-state index in [-0.39, 0.29) is 17.6 Å². The van der Waals surface area contributed by atoms with Crippen molar-refractivity contribution in [2.24, 2.45) is 0 Å². The van der Waals surface area contributed by atoms with Crippen molar-refractivity contribution in [3.63, 3.8) is 0 Å². The van der Waals surface area contributed by atoms with E-state index in [9.17, 15) is 9.59 Å². The van der Waals surface area contributed by atoms with Gasteiger partial charge in [-0.1, -0.05) is 17.8 Å². The summed E-state index contributed by atoms with van der Waals surface area (Å²) in [4.78, 5) is 24.7. The molecule has 1 fully saturated rings. The van der Waals surface area contributed by atoms with E-state index in [2.05, 4.69) is 10.2 Å². The SMILES string of the molecule is O=C1CCCN1C(=O)CSc1nnc2ccccn12. The first-order valence-electron chi connectivity index (χ1n) is 6.01. The van der Waals surface area contributed by atoms with Crippen LogP contribution in [-0.2, 0) is 9.59 Å². The van der Waals surface area contributed by atoms with Gasteiger partial charge in [-0.25, -0.2) is 0 Å². The van der Waals surface area contributed by atoms with E-state index in [1.165, 1.54) is 16.7 Å². The summed E-state index contributed by atoms with van der Waals surface area (Å²) in [5.41, 5.74) is 0.745. The number of hydrogen-bond acceptors (Lipinski definition) is 5. The van der Waals surface area contributed by atoms with Gasteiger partial charge in [0, 0.05) is 19.2 Å². The molecule has 1 aliphatic rings. The molecule has 6 nitrogen and oxygen atoms in total. The zero-order valence-electron chi connectivity index (χ0n) is 10.2. The highest BCUT2D eigenvalue weighted by Gasteiger charge is 2.26. The highest BCUT2D eigenvalue weighted by atomic mass is 32.2. The van der Waals surface area contributed by atoms with Gasteiger partial charge in [0.15, 0.2) is 10.8 Å². The molecule has 0 spiro atoms. The third-order valence-electron chi connectivity index (χ3n) is 2.98. The summed E-state index contributed by atoms with van der Waals surface area (Å²) in [6, 6.07) is 5.61. The van der Waals surface area contributed by atoms with E-state index in [0.717, 1.165) is 12.1 Å². The molecule has 0 N–H and O–H groups in total. The minimum Gasteiger partial charge on any atom is -0.282 e. The van der Waals surface area contributed by atoms with Crippen LogP contribution < -0.4 is 0 Å². The number of amides is 2. The fourth-order valence-electron chi connectivity index (χ4n) is 2.03. The Morgan fingerprint density at radius 3 is 3.05 bits per heavy atom. The molecule has 2 aromatic heterocycles. The van der Waals surface area contributed by atoms with Crippen LogP contribution in [-0.4, -0.2) is 43.6 Å². The summed E-state index contributed by atoms with van der Waals surface area (Å²) in [5, 5.41) is 8.71. The van der Waals surface area contributed by atoms with Gasteiger partial charge in [0.2, 0.25) is 11.8 Å². The van der Waals surface area contributed by atoms with Gasteiger partial charge in [-0.15, -0.1) is 10.2 Å². The number of pyridine rings is 1. The Morgan fingerprint density at radius 1 is 1.37 bits per heavy atom. The Bertz CT molecular complexity index is 639. The lowest BCUT2D eigenvalue weighted by Crippen LogP contribution is -2.33. The summed E-state index contributed by atoms with van der Waals surface area (Å²) in [5.74, 6) is -0.0154. The molecule has 0 saturated carbocycles. The number of nitrogens with zero attached hydrogens (tertiary/aromatic N) is 4. The van der Waals surface area contributed by atoms with Gasteiger partial charge in [-0.2, -0.15) is 0 Å². The molecule has 0 aromatic carbocycles. The van der Waals surface area contributed by atoms with E-state index >= 15 is 0 Å². The maximum absolute atomic E-state index is 11.9. The first-order chi connectivity index (χ1) is 9.25. The topological polar surface area (TPSA) is 67.6 Å². The van der Waals surface area contributed by atoms with Crippen molar-refractivity contribution < 1.29 is 9.59 Å². The second kappa shape index (κ2) is 5.00. The number of carbonyl (C=O) groups excluding carboxylic acids is 2. The van der Waals surface area contributed by atoms with Crippen LogP contribution in [0.1, 0.15) is 12.8 Å². The van der Waals surface area contributed by atoms with Crippen LogP contribution in [0.5, 0.6) is 0 Å². The van der Waals surface area contributed by atoms with Crippen molar-refractivity contribution >= 4 is 29.2 Å². The van der Waals surface area contributed by atoms with Crippen molar-refractivity contribution in [2.75, 3.05) is 12.3 Å². The molecule has 0 aliphatic carbocycles. The van der Waals surface area contributed by atoms with Crippen molar-refractivity contribution in [1.82, 2.24) is 19.5 Å². The lowest BCUT2D eigenvalue weighted by molar-refractivity contribution is -0.140. The summed E-state index contributed by atoms with van der Waals surface area (Å²) in [6.07, 6.45) is 3.09. The monoisotopic (exact) mass is 276 g/mol. The van der Waals surface area contributed by atoms with Gasteiger partial charge in [0.25, 0.3) is 0 Å². The Labute approximate surface area is 113 Å². The third kappa shape index (κ3) is 2.33. The van der Waals surface area contributed by atoms with Crippen molar-refractivity contribution in [3.05, 3.63) is 24.4 Å². The summed E-state index contributed by atoms with van der Waals surface area (Å²) in [6.45, 7) is 0.540. The number of rotatable bonds is 3. The lowest BCUT2D eigenvalue weighted by atomic mass is 10.4. The molecule has 19 heavy (non-hydrogen) atoms. The number of imide groups is 1. The zero-order valence-corrected chi connectivity index (χ0v) is 11.0. The Balaban J connectivity index is 1.69. The van der Waals surface area contributed by atoms with E-state index < -0.39 is 0 Å². The van der Waals surface area contributed by atoms with Crippen molar-refractivity contribution in [2.45, 2.75) is 18.0 Å². The molecule has 7 heteroatoms. The Morgan fingerprint density at radius 2 is 2.26 bits per heavy atom. The van der Waals surface area contributed by atoms with Crippen LogP contribution in [0.3, 0.4) is 0 Å². The van der Waals surface area contributed by atoms with Crippen molar-refractivity contribution in [3.8, 4) is 0 Å². The predicted octanol–water partition coefficient (Wildman–Crippen LogP) is 0.970. The maximum atomic E-state index is 11.9. The second-order valence-corrected chi connectivity index (χ2v) is 5.19. The Kier molecular flexibility index (Phi) is 3.20. The molecule has 0 bridgehead atoms. The normalized spacial score (nSPS) is 15.4. The van der Waals surface area contributed by atoms with Crippen LogP contribution in [0.4, 0.5) is 0 Å². The molecule has 1 aliphatic heterocycles. The van der Waals surface area contributed by atoms with Gasteiger partial charge >= 0.3 is 0 Å². The summed E-state index contributed by atoms with van der Waals surface area (Å²) in [7, 11) is 0. The number of carbonyl (C=O) groups is 2. The van der Waals surface area contributed by atoms with E-state index in [4.69, 9.17) is 0 Å². The highest BCUT2D eigenvalue weighted by molar-refractivity contribution is 7.99. The third-order valence-corrected chi connectivity index (χ3v) is 3.91.